The summed E-state index contributed by atoms with van der Waals surface area (Å²) in [6.45, 7) is 3.76. The van der Waals surface area contributed by atoms with Crippen molar-refractivity contribution in [1.82, 2.24) is 0 Å². The highest BCUT2D eigenvalue weighted by Gasteiger charge is 2.04. The SMILES string of the molecule is CCOC(=O)C/C(C)=C/C(=O)OC. The van der Waals surface area contributed by atoms with E-state index in [1.165, 1.54) is 13.2 Å². The summed E-state index contributed by atoms with van der Waals surface area (Å²) in [5.41, 5.74) is 0.630. The van der Waals surface area contributed by atoms with Crippen molar-refractivity contribution in [3.05, 3.63) is 11.6 Å². The largest absolute Gasteiger partial charge is 0.466 e. The van der Waals surface area contributed by atoms with Gasteiger partial charge in [-0.1, -0.05) is 5.57 Å². The van der Waals surface area contributed by atoms with Crippen LogP contribution >= 0.6 is 0 Å². The van der Waals surface area contributed by atoms with Crippen LogP contribution in [0.1, 0.15) is 20.3 Å². The van der Waals surface area contributed by atoms with Crippen molar-refractivity contribution >= 4 is 11.9 Å². The number of methoxy groups -OCH3 is 1. The molecule has 0 heterocycles. The van der Waals surface area contributed by atoms with Crippen LogP contribution in [0.3, 0.4) is 0 Å². The maximum absolute atomic E-state index is 10.9. The highest BCUT2D eigenvalue weighted by atomic mass is 16.5. The first-order valence-corrected chi connectivity index (χ1v) is 4.00. The van der Waals surface area contributed by atoms with Crippen molar-refractivity contribution in [1.29, 1.82) is 0 Å². The minimum absolute atomic E-state index is 0.128. The van der Waals surface area contributed by atoms with Crippen molar-refractivity contribution in [3.8, 4) is 0 Å². The van der Waals surface area contributed by atoms with Gasteiger partial charge >= 0.3 is 11.9 Å². The van der Waals surface area contributed by atoms with E-state index >= 15 is 0 Å². The molecule has 13 heavy (non-hydrogen) atoms. The van der Waals surface area contributed by atoms with Crippen LogP contribution in [-0.4, -0.2) is 25.7 Å². The van der Waals surface area contributed by atoms with Crippen molar-refractivity contribution in [2.24, 2.45) is 0 Å². The highest BCUT2D eigenvalue weighted by molar-refractivity contribution is 5.84. The summed E-state index contributed by atoms with van der Waals surface area (Å²) in [7, 11) is 1.29. The van der Waals surface area contributed by atoms with Crippen LogP contribution in [0.15, 0.2) is 11.6 Å². The molecule has 0 unspecified atom stereocenters. The van der Waals surface area contributed by atoms with E-state index in [0.717, 1.165) is 0 Å². The Morgan fingerprint density at radius 3 is 2.46 bits per heavy atom. The average Bonchev–Trinajstić information content (AvgIpc) is 2.04. The fourth-order valence-corrected chi connectivity index (χ4v) is 0.751. The lowest BCUT2D eigenvalue weighted by atomic mass is 10.2. The zero-order valence-corrected chi connectivity index (χ0v) is 8.12. The zero-order chi connectivity index (χ0) is 10.3. The van der Waals surface area contributed by atoms with Crippen LogP contribution < -0.4 is 0 Å². The van der Waals surface area contributed by atoms with Crippen LogP contribution in [-0.2, 0) is 19.1 Å². The van der Waals surface area contributed by atoms with Gasteiger partial charge in [0.05, 0.1) is 20.1 Å². The number of ether oxygens (including phenoxy) is 2. The van der Waals surface area contributed by atoms with Crippen molar-refractivity contribution in [2.45, 2.75) is 20.3 Å². The van der Waals surface area contributed by atoms with Gasteiger partial charge in [-0.25, -0.2) is 4.79 Å². The van der Waals surface area contributed by atoms with Crippen LogP contribution in [0.2, 0.25) is 0 Å². The van der Waals surface area contributed by atoms with E-state index in [2.05, 4.69) is 4.74 Å². The highest BCUT2D eigenvalue weighted by Crippen LogP contribution is 2.01. The third-order valence-corrected chi connectivity index (χ3v) is 1.29. The average molecular weight is 186 g/mol. The van der Waals surface area contributed by atoms with E-state index in [1.54, 1.807) is 13.8 Å². The van der Waals surface area contributed by atoms with Gasteiger partial charge in [-0.2, -0.15) is 0 Å². The topological polar surface area (TPSA) is 52.6 Å². The maximum atomic E-state index is 10.9. The summed E-state index contributed by atoms with van der Waals surface area (Å²) in [6.07, 6.45) is 1.40. The van der Waals surface area contributed by atoms with Gasteiger partial charge in [0.2, 0.25) is 0 Å². The molecule has 0 saturated heterocycles. The third kappa shape index (κ3) is 5.90. The molecule has 0 saturated carbocycles. The van der Waals surface area contributed by atoms with Crippen LogP contribution in [0.25, 0.3) is 0 Å². The Bertz CT molecular complexity index is 218. The van der Waals surface area contributed by atoms with Crippen molar-refractivity contribution < 1.29 is 19.1 Å². The molecule has 0 fully saturated rings. The smallest absolute Gasteiger partial charge is 0.330 e. The predicted octanol–water partition coefficient (Wildman–Crippen LogP) is 1.06. The first-order chi connectivity index (χ1) is 6.10. The number of hydrogen-bond acceptors (Lipinski definition) is 4. The molecule has 4 heteroatoms. The van der Waals surface area contributed by atoms with Crippen LogP contribution in [0.4, 0.5) is 0 Å². The molecule has 0 aliphatic rings. The monoisotopic (exact) mass is 186 g/mol. The molecule has 0 radical (unpaired) electrons. The molecule has 0 aromatic rings. The van der Waals surface area contributed by atoms with Gasteiger partial charge < -0.3 is 9.47 Å². The predicted molar refractivity (Wildman–Crippen MR) is 47.0 cm³/mol. The fourth-order valence-electron chi connectivity index (χ4n) is 0.751. The molecule has 0 spiro atoms. The summed E-state index contributed by atoms with van der Waals surface area (Å²) in [5.74, 6) is -0.790. The molecule has 0 rings (SSSR count). The quantitative estimate of drug-likeness (QED) is 0.486. The van der Waals surface area contributed by atoms with Crippen molar-refractivity contribution in [2.75, 3.05) is 13.7 Å². The Morgan fingerprint density at radius 2 is 2.00 bits per heavy atom. The Labute approximate surface area is 77.5 Å². The summed E-state index contributed by atoms with van der Waals surface area (Å²) < 4.78 is 9.09. The second kappa shape index (κ2) is 6.22. The van der Waals surface area contributed by atoms with Crippen LogP contribution in [0.5, 0.6) is 0 Å². The van der Waals surface area contributed by atoms with E-state index in [4.69, 9.17) is 4.74 Å². The fraction of sp³-hybridized carbons (Fsp3) is 0.556. The minimum Gasteiger partial charge on any atom is -0.466 e. The molecular formula is C9H14O4. The number of rotatable bonds is 4. The second-order valence-electron chi connectivity index (χ2n) is 2.50. The van der Waals surface area contributed by atoms with E-state index in [0.29, 0.717) is 12.2 Å². The number of hydrogen-bond donors (Lipinski definition) is 0. The number of carbonyl (C=O) groups excluding carboxylic acids is 2. The Kier molecular flexibility index (Phi) is 5.59. The van der Waals surface area contributed by atoms with Gasteiger partial charge in [-0.15, -0.1) is 0 Å². The lowest BCUT2D eigenvalue weighted by Gasteiger charge is -2.00. The van der Waals surface area contributed by atoms with Gasteiger partial charge in [-0.3, -0.25) is 4.79 Å². The molecule has 0 aromatic heterocycles. The molecule has 0 N–H and O–H groups in total. The molecule has 0 amide bonds. The molecule has 0 atom stereocenters. The van der Waals surface area contributed by atoms with E-state index in [1.807, 2.05) is 0 Å². The lowest BCUT2D eigenvalue weighted by Crippen LogP contribution is -2.05. The van der Waals surface area contributed by atoms with Gasteiger partial charge in [0.1, 0.15) is 0 Å². The zero-order valence-electron chi connectivity index (χ0n) is 8.12. The summed E-state index contributed by atoms with van der Waals surface area (Å²) in [6, 6.07) is 0. The second-order valence-corrected chi connectivity index (χ2v) is 2.50. The van der Waals surface area contributed by atoms with Gasteiger partial charge in [0.25, 0.3) is 0 Å². The first kappa shape index (κ1) is 11.7. The number of carbonyl (C=O) groups is 2. The third-order valence-electron chi connectivity index (χ3n) is 1.29. The summed E-state index contributed by atoms with van der Waals surface area (Å²) in [4.78, 5) is 21.6. The van der Waals surface area contributed by atoms with E-state index < -0.39 is 5.97 Å². The molecular weight excluding hydrogens is 172 g/mol. The normalized spacial score (nSPS) is 10.8. The standard InChI is InChI=1S/C9H14O4/c1-4-13-9(11)6-7(2)5-8(10)12-3/h5H,4,6H2,1-3H3/b7-5+. The lowest BCUT2D eigenvalue weighted by molar-refractivity contribution is -0.142. The van der Waals surface area contributed by atoms with E-state index in [-0.39, 0.29) is 12.4 Å². The molecule has 0 aliphatic carbocycles. The van der Waals surface area contributed by atoms with Gasteiger partial charge in [0.15, 0.2) is 0 Å². The molecule has 4 nitrogen and oxygen atoms in total. The molecule has 74 valence electrons. The summed E-state index contributed by atoms with van der Waals surface area (Å²) >= 11 is 0. The summed E-state index contributed by atoms with van der Waals surface area (Å²) in [5, 5.41) is 0. The Morgan fingerprint density at radius 1 is 1.38 bits per heavy atom. The van der Waals surface area contributed by atoms with Crippen LogP contribution in [0, 0.1) is 0 Å². The van der Waals surface area contributed by atoms with Gasteiger partial charge in [0, 0.05) is 6.08 Å². The molecule has 0 bridgehead atoms. The Balaban J connectivity index is 3.98. The molecule has 0 aliphatic heterocycles. The Hall–Kier alpha value is -1.32. The van der Waals surface area contributed by atoms with Crippen molar-refractivity contribution in [3.63, 3.8) is 0 Å². The van der Waals surface area contributed by atoms with Gasteiger partial charge in [-0.05, 0) is 13.8 Å². The molecule has 0 aromatic carbocycles. The first-order valence-electron chi connectivity index (χ1n) is 4.00. The number of esters is 2. The maximum Gasteiger partial charge on any atom is 0.330 e. The minimum atomic E-state index is -0.457. The van der Waals surface area contributed by atoms with E-state index in [9.17, 15) is 9.59 Å².